The van der Waals surface area contributed by atoms with Crippen molar-refractivity contribution < 1.29 is 0 Å². The first kappa shape index (κ1) is 14.0. The minimum atomic E-state index is 0.480. The maximum absolute atomic E-state index is 5.98. The maximum atomic E-state index is 5.98. The molecule has 2 heterocycles. The van der Waals surface area contributed by atoms with Gasteiger partial charge >= 0.3 is 0 Å². The van der Waals surface area contributed by atoms with E-state index in [4.69, 9.17) is 11.6 Å². The van der Waals surface area contributed by atoms with E-state index in [0.29, 0.717) is 17.6 Å². The fourth-order valence-corrected chi connectivity index (χ4v) is 1.85. The first-order valence-electron chi connectivity index (χ1n) is 6.41. The second-order valence-corrected chi connectivity index (χ2v) is 5.34. The van der Waals surface area contributed by atoms with Crippen LogP contribution in [0.3, 0.4) is 0 Å². The average Bonchev–Trinajstić information content (AvgIpc) is 2.70. The molecule has 2 aromatic rings. The summed E-state index contributed by atoms with van der Waals surface area (Å²) in [5, 5.41) is 8.29. The summed E-state index contributed by atoms with van der Waals surface area (Å²) in [6, 6.07) is 4.61. The summed E-state index contributed by atoms with van der Waals surface area (Å²) in [6.07, 6.45) is 3.57. The van der Waals surface area contributed by atoms with Crippen LogP contribution in [0.25, 0.3) is 0 Å². The van der Waals surface area contributed by atoms with Crippen LogP contribution in [0.2, 0.25) is 5.02 Å². The maximum Gasteiger partial charge on any atom is 0.0834 e. The lowest BCUT2D eigenvalue weighted by molar-refractivity contribution is 0.587. The summed E-state index contributed by atoms with van der Waals surface area (Å²) in [7, 11) is 0. The number of nitrogens with zero attached hydrogens (tertiary/aromatic N) is 3. The Morgan fingerprint density at radius 2 is 2.11 bits per heavy atom. The molecule has 0 spiro atoms. The van der Waals surface area contributed by atoms with Crippen molar-refractivity contribution in [1.82, 2.24) is 20.1 Å². The second-order valence-electron chi connectivity index (χ2n) is 4.93. The number of pyridine rings is 1. The van der Waals surface area contributed by atoms with E-state index in [9.17, 15) is 0 Å². The molecule has 0 aromatic carbocycles. The highest BCUT2D eigenvalue weighted by atomic mass is 35.5. The molecule has 5 heteroatoms. The van der Waals surface area contributed by atoms with Crippen LogP contribution in [0.15, 0.2) is 24.5 Å². The van der Waals surface area contributed by atoms with Gasteiger partial charge in [0.2, 0.25) is 0 Å². The zero-order chi connectivity index (χ0) is 13.8. The molecule has 0 bridgehead atoms. The van der Waals surface area contributed by atoms with E-state index in [1.807, 2.05) is 23.9 Å². The molecule has 0 saturated heterocycles. The Morgan fingerprint density at radius 3 is 2.63 bits per heavy atom. The average molecular weight is 279 g/mol. The van der Waals surface area contributed by atoms with E-state index < -0.39 is 0 Å². The van der Waals surface area contributed by atoms with Crippen LogP contribution in [0, 0.1) is 6.92 Å². The third kappa shape index (κ3) is 3.78. The van der Waals surface area contributed by atoms with Gasteiger partial charge in [-0.3, -0.25) is 9.67 Å². The van der Waals surface area contributed by atoms with Gasteiger partial charge in [0.05, 0.1) is 29.2 Å². The smallest absolute Gasteiger partial charge is 0.0834 e. The molecule has 0 aliphatic rings. The van der Waals surface area contributed by atoms with E-state index in [-0.39, 0.29) is 0 Å². The van der Waals surface area contributed by atoms with Crippen LogP contribution < -0.4 is 5.32 Å². The lowest BCUT2D eigenvalue weighted by atomic mass is 10.2. The van der Waals surface area contributed by atoms with Gasteiger partial charge in [-0.05, 0) is 18.6 Å². The predicted molar refractivity (Wildman–Crippen MR) is 77.3 cm³/mol. The summed E-state index contributed by atoms with van der Waals surface area (Å²) in [6.45, 7) is 7.71. The van der Waals surface area contributed by atoms with Gasteiger partial charge < -0.3 is 5.32 Å². The van der Waals surface area contributed by atoms with Crippen LogP contribution in [-0.4, -0.2) is 20.8 Å². The molecular weight excluding hydrogens is 260 g/mol. The molecule has 0 unspecified atom stereocenters. The standard InChI is InChI=1S/C14H19ClN4/c1-10(2)16-6-12-4-5-13(17-7-12)9-19-11(3)14(15)8-18-19/h4-5,7-8,10,16H,6,9H2,1-3H3. The van der Waals surface area contributed by atoms with Crippen molar-refractivity contribution in [2.75, 3.05) is 0 Å². The Kier molecular flexibility index (Phi) is 4.56. The zero-order valence-electron chi connectivity index (χ0n) is 11.5. The molecule has 4 nitrogen and oxygen atoms in total. The number of aromatic nitrogens is 3. The molecular formula is C14H19ClN4. The Bertz CT molecular complexity index is 531. The van der Waals surface area contributed by atoms with Gasteiger partial charge in [0.15, 0.2) is 0 Å². The largest absolute Gasteiger partial charge is 0.310 e. The molecule has 19 heavy (non-hydrogen) atoms. The Balaban J connectivity index is 2.00. The van der Waals surface area contributed by atoms with Crippen molar-refractivity contribution in [3.05, 3.63) is 46.5 Å². The van der Waals surface area contributed by atoms with Gasteiger partial charge in [-0.25, -0.2) is 0 Å². The van der Waals surface area contributed by atoms with Gasteiger partial charge in [0.25, 0.3) is 0 Å². The third-order valence-corrected chi connectivity index (χ3v) is 3.33. The Labute approximate surface area is 118 Å². The lowest BCUT2D eigenvalue weighted by Crippen LogP contribution is -2.21. The van der Waals surface area contributed by atoms with Crippen molar-refractivity contribution in [2.45, 2.75) is 39.9 Å². The number of rotatable bonds is 5. The highest BCUT2D eigenvalue weighted by Crippen LogP contribution is 2.14. The van der Waals surface area contributed by atoms with Crippen molar-refractivity contribution >= 4 is 11.6 Å². The number of halogens is 1. The molecule has 0 saturated carbocycles. The van der Waals surface area contributed by atoms with E-state index in [2.05, 4.69) is 35.3 Å². The summed E-state index contributed by atoms with van der Waals surface area (Å²) in [5.41, 5.74) is 3.14. The first-order chi connectivity index (χ1) is 9.06. The molecule has 0 fully saturated rings. The van der Waals surface area contributed by atoms with E-state index in [1.165, 1.54) is 5.56 Å². The van der Waals surface area contributed by atoms with Gasteiger partial charge in [-0.15, -0.1) is 0 Å². The minimum absolute atomic E-state index is 0.480. The molecule has 0 atom stereocenters. The zero-order valence-corrected chi connectivity index (χ0v) is 12.3. The molecule has 2 rings (SSSR count). The highest BCUT2D eigenvalue weighted by molar-refractivity contribution is 6.31. The van der Waals surface area contributed by atoms with E-state index in [1.54, 1.807) is 6.20 Å². The predicted octanol–water partition coefficient (Wildman–Crippen LogP) is 2.79. The molecule has 2 aromatic heterocycles. The van der Waals surface area contributed by atoms with Gasteiger partial charge in [0.1, 0.15) is 0 Å². The van der Waals surface area contributed by atoms with Gasteiger partial charge in [-0.2, -0.15) is 5.10 Å². The summed E-state index contributed by atoms with van der Waals surface area (Å²) >= 11 is 5.98. The SMILES string of the molecule is Cc1c(Cl)cnn1Cc1ccc(CNC(C)C)cn1. The normalized spacial score (nSPS) is 11.2. The molecule has 102 valence electrons. The summed E-state index contributed by atoms with van der Waals surface area (Å²) in [4.78, 5) is 4.46. The quantitative estimate of drug-likeness (QED) is 0.914. The van der Waals surface area contributed by atoms with E-state index in [0.717, 1.165) is 17.9 Å². The Hall–Kier alpha value is -1.39. The summed E-state index contributed by atoms with van der Waals surface area (Å²) < 4.78 is 1.86. The van der Waals surface area contributed by atoms with Crippen molar-refractivity contribution in [3.8, 4) is 0 Å². The molecule has 0 amide bonds. The molecule has 0 aliphatic heterocycles. The number of hydrogen-bond donors (Lipinski definition) is 1. The summed E-state index contributed by atoms with van der Waals surface area (Å²) in [5.74, 6) is 0. The van der Waals surface area contributed by atoms with Gasteiger partial charge in [-0.1, -0.05) is 31.5 Å². The fraction of sp³-hybridized carbons (Fsp3) is 0.429. The number of nitrogens with one attached hydrogen (secondary N) is 1. The molecule has 1 N–H and O–H groups in total. The first-order valence-corrected chi connectivity index (χ1v) is 6.79. The second kappa shape index (κ2) is 6.17. The minimum Gasteiger partial charge on any atom is -0.310 e. The van der Waals surface area contributed by atoms with Crippen LogP contribution in [0.4, 0.5) is 0 Å². The van der Waals surface area contributed by atoms with Crippen molar-refractivity contribution in [1.29, 1.82) is 0 Å². The third-order valence-electron chi connectivity index (χ3n) is 2.96. The van der Waals surface area contributed by atoms with Crippen molar-refractivity contribution in [2.24, 2.45) is 0 Å². The molecule has 0 aliphatic carbocycles. The van der Waals surface area contributed by atoms with Crippen LogP contribution in [-0.2, 0) is 13.1 Å². The Morgan fingerprint density at radius 1 is 1.32 bits per heavy atom. The lowest BCUT2D eigenvalue weighted by Gasteiger charge is -2.08. The van der Waals surface area contributed by atoms with Crippen molar-refractivity contribution in [3.63, 3.8) is 0 Å². The number of hydrogen-bond acceptors (Lipinski definition) is 3. The fourth-order valence-electron chi connectivity index (χ4n) is 1.71. The van der Waals surface area contributed by atoms with Crippen LogP contribution in [0.5, 0.6) is 0 Å². The topological polar surface area (TPSA) is 42.7 Å². The van der Waals surface area contributed by atoms with Crippen LogP contribution >= 0.6 is 11.6 Å². The molecule has 0 radical (unpaired) electrons. The van der Waals surface area contributed by atoms with Crippen LogP contribution in [0.1, 0.15) is 30.8 Å². The van der Waals surface area contributed by atoms with E-state index >= 15 is 0 Å². The van der Waals surface area contributed by atoms with Gasteiger partial charge in [0, 0.05) is 18.8 Å². The highest BCUT2D eigenvalue weighted by Gasteiger charge is 2.05. The monoisotopic (exact) mass is 278 g/mol.